The number of anilines is 1. The number of carbonyl (C=O) groups is 1. The minimum absolute atomic E-state index is 0.0675. The maximum Gasteiger partial charge on any atom is 0.264 e. The fourth-order valence-electron chi connectivity index (χ4n) is 4.49. The van der Waals surface area contributed by atoms with E-state index in [2.05, 4.69) is 37.4 Å². The molecule has 1 N–H and O–H groups in total. The largest absolute Gasteiger partial charge is 0.497 e. The monoisotopic (exact) mass is 542 g/mol. The maximum absolute atomic E-state index is 14.0. The summed E-state index contributed by atoms with van der Waals surface area (Å²) >= 11 is 0. The summed E-state index contributed by atoms with van der Waals surface area (Å²) in [5, 5.41) is 3.03. The van der Waals surface area contributed by atoms with Crippen molar-refractivity contribution in [1.82, 2.24) is 5.32 Å². The van der Waals surface area contributed by atoms with Crippen molar-refractivity contribution in [3.05, 3.63) is 125 Å². The lowest BCUT2D eigenvalue weighted by Crippen LogP contribution is -2.33. The van der Waals surface area contributed by atoms with E-state index in [1.807, 2.05) is 30.3 Å². The normalized spacial score (nSPS) is 11.2. The summed E-state index contributed by atoms with van der Waals surface area (Å²) in [5.74, 6) is 0.222. The van der Waals surface area contributed by atoms with Crippen LogP contribution in [0, 0.1) is 0 Å². The quantitative estimate of drug-likeness (QED) is 0.247. The topological polar surface area (TPSA) is 75.7 Å². The molecule has 0 saturated heterocycles. The second kappa shape index (κ2) is 12.6. The molecule has 0 fully saturated rings. The molecule has 0 saturated carbocycles. The van der Waals surface area contributed by atoms with Gasteiger partial charge in [0.25, 0.3) is 15.9 Å². The van der Waals surface area contributed by atoms with Gasteiger partial charge in [0.15, 0.2) is 0 Å². The molecule has 4 aromatic carbocycles. The Hall–Kier alpha value is -4.10. The third kappa shape index (κ3) is 6.49. The first kappa shape index (κ1) is 27.9. The highest BCUT2D eigenvalue weighted by Crippen LogP contribution is 2.30. The lowest BCUT2D eigenvalue weighted by atomic mass is 10.0. The molecule has 0 aliphatic rings. The van der Waals surface area contributed by atoms with Crippen LogP contribution in [0.25, 0.3) is 0 Å². The van der Waals surface area contributed by atoms with Crippen molar-refractivity contribution in [2.24, 2.45) is 0 Å². The van der Waals surface area contributed by atoms with Gasteiger partial charge in [-0.3, -0.25) is 9.10 Å². The third-order valence-electron chi connectivity index (χ3n) is 6.73. The van der Waals surface area contributed by atoms with Gasteiger partial charge in [0, 0.05) is 6.54 Å². The Morgan fingerprint density at radius 1 is 0.795 bits per heavy atom. The van der Waals surface area contributed by atoms with E-state index in [9.17, 15) is 13.2 Å². The molecule has 6 nitrogen and oxygen atoms in total. The summed E-state index contributed by atoms with van der Waals surface area (Å²) in [6.07, 6.45) is 1.77. The Kier molecular flexibility index (Phi) is 9.04. The highest BCUT2D eigenvalue weighted by atomic mass is 32.2. The highest BCUT2D eigenvalue weighted by Gasteiger charge is 2.28. The highest BCUT2D eigenvalue weighted by molar-refractivity contribution is 7.92. The summed E-state index contributed by atoms with van der Waals surface area (Å²) in [4.78, 5) is 13.7. The Bertz CT molecular complexity index is 1520. The second-order valence-electron chi connectivity index (χ2n) is 9.18. The van der Waals surface area contributed by atoms with Crippen LogP contribution in [0.1, 0.15) is 46.5 Å². The Labute approximate surface area is 231 Å². The van der Waals surface area contributed by atoms with Gasteiger partial charge in [0.1, 0.15) is 5.75 Å². The van der Waals surface area contributed by atoms with E-state index >= 15 is 0 Å². The number of hydrogen-bond donors (Lipinski definition) is 1. The second-order valence-corrected chi connectivity index (χ2v) is 11.0. The van der Waals surface area contributed by atoms with Gasteiger partial charge in [0.2, 0.25) is 0 Å². The van der Waals surface area contributed by atoms with E-state index < -0.39 is 10.0 Å². The predicted molar refractivity (Wildman–Crippen MR) is 156 cm³/mol. The van der Waals surface area contributed by atoms with Crippen LogP contribution in [0.2, 0.25) is 0 Å². The molecule has 1 amide bonds. The summed E-state index contributed by atoms with van der Waals surface area (Å²) in [7, 11) is -2.49. The van der Waals surface area contributed by atoms with Gasteiger partial charge in [-0.15, -0.1) is 0 Å². The molecule has 7 heteroatoms. The number of methoxy groups -OCH3 is 1. The molecule has 39 heavy (non-hydrogen) atoms. The Balaban J connectivity index is 1.71. The van der Waals surface area contributed by atoms with Crippen molar-refractivity contribution in [1.29, 1.82) is 0 Å². The predicted octanol–water partition coefficient (Wildman–Crippen LogP) is 6.15. The van der Waals surface area contributed by atoms with Crippen molar-refractivity contribution < 1.29 is 17.9 Å². The van der Waals surface area contributed by atoms with Crippen LogP contribution >= 0.6 is 0 Å². The van der Waals surface area contributed by atoms with Crippen molar-refractivity contribution in [3.8, 4) is 5.75 Å². The van der Waals surface area contributed by atoms with Crippen LogP contribution in [0.15, 0.2) is 102 Å². The average molecular weight is 543 g/mol. The fourth-order valence-corrected chi connectivity index (χ4v) is 5.96. The number of benzene rings is 4. The van der Waals surface area contributed by atoms with Gasteiger partial charge in [-0.05, 0) is 71.5 Å². The van der Waals surface area contributed by atoms with Crippen LogP contribution in [0.4, 0.5) is 5.69 Å². The van der Waals surface area contributed by atoms with E-state index in [0.717, 1.165) is 24.0 Å². The number of rotatable bonds is 11. The fraction of sp³-hybridized carbons (Fsp3) is 0.219. The molecule has 0 atom stereocenters. The average Bonchev–Trinajstić information content (AvgIpc) is 2.99. The Morgan fingerprint density at radius 3 is 2.15 bits per heavy atom. The van der Waals surface area contributed by atoms with Gasteiger partial charge in [-0.1, -0.05) is 74.5 Å². The number of ether oxygens (including phenoxy) is 1. The zero-order valence-corrected chi connectivity index (χ0v) is 23.4. The van der Waals surface area contributed by atoms with Crippen molar-refractivity contribution in [2.45, 2.75) is 44.7 Å². The zero-order chi connectivity index (χ0) is 27.8. The number of nitrogens with one attached hydrogen (secondary N) is 1. The standard InChI is InChI=1S/C32H34N2O4S/c1-4-24-15-16-26(5-2)27(21-24)22-33-32(35)30-13-9-10-14-31(30)34(23-25-11-7-6-8-12-25)39(36,37)29-19-17-28(38-3)18-20-29/h6-21H,4-5,22-23H2,1-3H3,(H,33,35). The number of sulfonamides is 1. The van der Waals surface area contributed by atoms with Gasteiger partial charge in [0.05, 0.1) is 29.8 Å². The maximum atomic E-state index is 14.0. The van der Waals surface area contributed by atoms with Crippen LogP contribution in [0.3, 0.4) is 0 Å². The molecule has 0 radical (unpaired) electrons. The van der Waals surface area contributed by atoms with E-state index in [4.69, 9.17) is 4.74 Å². The number of nitrogens with zero attached hydrogens (tertiary/aromatic N) is 1. The van der Waals surface area contributed by atoms with Crippen LogP contribution in [-0.2, 0) is 36.0 Å². The zero-order valence-electron chi connectivity index (χ0n) is 22.6. The van der Waals surface area contributed by atoms with E-state index in [1.165, 1.54) is 34.7 Å². The molecule has 0 unspecified atom stereocenters. The van der Waals surface area contributed by atoms with Crippen molar-refractivity contribution in [2.75, 3.05) is 11.4 Å². The van der Waals surface area contributed by atoms with Crippen LogP contribution in [0.5, 0.6) is 5.75 Å². The number of amides is 1. The Morgan fingerprint density at radius 2 is 1.49 bits per heavy atom. The summed E-state index contributed by atoms with van der Waals surface area (Å²) in [6, 6.07) is 28.8. The van der Waals surface area contributed by atoms with E-state index in [1.54, 1.807) is 36.4 Å². The first-order valence-electron chi connectivity index (χ1n) is 13.1. The molecule has 0 heterocycles. The van der Waals surface area contributed by atoms with Gasteiger partial charge in [-0.25, -0.2) is 8.42 Å². The van der Waals surface area contributed by atoms with Gasteiger partial charge in [-0.2, -0.15) is 0 Å². The number of aryl methyl sites for hydroxylation is 2. The number of para-hydroxylation sites is 1. The smallest absolute Gasteiger partial charge is 0.264 e. The molecule has 0 aliphatic carbocycles. The molecule has 0 aromatic heterocycles. The molecule has 0 spiro atoms. The summed E-state index contributed by atoms with van der Waals surface area (Å²) < 4.78 is 34.5. The molecular weight excluding hydrogens is 508 g/mol. The lowest BCUT2D eigenvalue weighted by Gasteiger charge is -2.27. The minimum atomic E-state index is -4.02. The lowest BCUT2D eigenvalue weighted by molar-refractivity contribution is 0.0951. The number of carbonyl (C=O) groups excluding carboxylic acids is 1. The summed E-state index contributed by atoms with van der Waals surface area (Å²) in [6.45, 7) is 4.61. The molecule has 0 aliphatic heterocycles. The van der Waals surface area contributed by atoms with E-state index in [-0.39, 0.29) is 22.9 Å². The van der Waals surface area contributed by atoms with Gasteiger partial charge < -0.3 is 10.1 Å². The number of hydrogen-bond acceptors (Lipinski definition) is 4. The van der Waals surface area contributed by atoms with Crippen LogP contribution < -0.4 is 14.4 Å². The van der Waals surface area contributed by atoms with Crippen molar-refractivity contribution >= 4 is 21.6 Å². The van der Waals surface area contributed by atoms with Crippen molar-refractivity contribution in [3.63, 3.8) is 0 Å². The molecular formula is C32H34N2O4S. The SMILES string of the molecule is CCc1ccc(CC)c(CNC(=O)c2ccccc2N(Cc2ccccc2)S(=O)(=O)c2ccc(OC)cc2)c1. The minimum Gasteiger partial charge on any atom is -0.497 e. The van der Waals surface area contributed by atoms with Gasteiger partial charge >= 0.3 is 0 Å². The molecule has 4 aromatic rings. The summed E-state index contributed by atoms with van der Waals surface area (Å²) in [5.41, 5.74) is 4.84. The van der Waals surface area contributed by atoms with E-state index in [0.29, 0.717) is 18.0 Å². The molecule has 202 valence electrons. The van der Waals surface area contributed by atoms with Crippen LogP contribution in [-0.4, -0.2) is 21.4 Å². The molecule has 0 bridgehead atoms. The molecule has 4 rings (SSSR count). The first-order valence-corrected chi connectivity index (χ1v) is 14.5. The first-order chi connectivity index (χ1) is 18.9. The third-order valence-corrected chi connectivity index (χ3v) is 8.51.